The van der Waals surface area contributed by atoms with Gasteiger partial charge in [0.15, 0.2) is 0 Å². The SMILES string of the molecule is CCCCCN(C)C(C)C(C)CC. The van der Waals surface area contributed by atoms with E-state index in [1.165, 1.54) is 32.2 Å². The summed E-state index contributed by atoms with van der Waals surface area (Å²) in [6, 6.07) is 0.738. The average molecular weight is 185 g/mol. The van der Waals surface area contributed by atoms with Crippen molar-refractivity contribution in [3.05, 3.63) is 0 Å². The van der Waals surface area contributed by atoms with Gasteiger partial charge in [-0.2, -0.15) is 0 Å². The highest BCUT2D eigenvalue weighted by molar-refractivity contribution is 4.68. The Balaban J connectivity index is 3.62. The van der Waals surface area contributed by atoms with Gasteiger partial charge in [0.25, 0.3) is 0 Å². The molecule has 0 aromatic rings. The van der Waals surface area contributed by atoms with Crippen molar-refractivity contribution in [1.82, 2.24) is 4.90 Å². The summed E-state index contributed by atoms with van der Waals surface area (Å²) in [5.74, 6) is 0.826. The number of hydrogen-bond acceptors (Lipinski definition) is 1. The molecule has 0 aliphatic carbocycles. The van der Waals surface area contributed by atoms with Crippen molar-refractivity contribution in [2.45, 2.75) is 59.4 Å². The summed E-state index contributed by atoms with van der Waals surface area (Å²) in [5.41, 5.74) is 0. The Bertz CT molecular complexity index is 112. The van der Waals surface area contributed by atoms with Crippen LogP contribution in [-0.2, 0) is 0 Å². The van der Waals surface area contributed by atoms with E-state index in [1.54, 1.807) is 0 Å². The average Bonchev–Trinajstić information content (AvgIpc) is 2.15. The lowest BCUT2D eigenvalue weighted by Crippen LogP contribution is -2.34. The molecular weight excluding hydrogens is 158 g/mol. The van der Waals surface area contributed by atoms with Crippen LogP contribution in [0.4, 0.5) is 0 Å². The number of unbranched alkanes of at least 4 members (excludes halogenated alkanes) is 2. The maximum atomic E-state index is 2.50. The molecule has 0 aliphatic rings. The van der Waals surface area contributed by atoms with E-state index in [0.717, 1.165) is 12.0 Å². The minimum Gasteiger partial charge on any atom is -0.303 e. The van der Waals surface area contributed by atoms with Crippen LogP contribution in [0, 0.1) is 5.92 Å². The summed E-state index contributed by atoms with van der Waals surface area (Å²) < 4.78 is 0. The van der Waals surface area contributed by atoms with Gasteiger partial charge >= 0.3 is 0 Å². The summed E-state index contributed by atoms with van der Waals surface area (Å²) in [6.45, 7) is 10.5. The summed E-state index contributed by atoms with van der Waals surface area (Å²) >= 11 is 0. The first kappa shape index (κ1) is 13.0. The summed E-state index contributed by atoms with van der Waals surface area (Å²) in [5, 5.41) is 0. The van der Waals surface area contributed by atoms with Gasteiger partial charge in [0.2, 0.25) is 0 Å². The fraction of sp³-hybridized carbons (Fsp3) is 1.00. The van der Waals surface area contributed by atoms with Crippen molar-refractivity contribution in [1.29, 1.82) is 0 Å². The third-order valence-electron chi connectivity index (χ3n) is 3.28. The van der Waals surface area contributed by atoms with Gasteiger partial charge in [-0.05, 0) is 32.9 Å². The van der Waals surface area contributed by atoms with Crippen molar-refractivity contribution < 1.29 is 0 Å². The number of hydrogen-bond donors (Lipinski definition) is 0. The monoisotopic (exact) mass is 185 g/mol. The van der Waals surface area contributed by atoms with E-state index in [9.17, 15) is 0 Å². The van der Waals surface area contributed by atoms with Gasteiger partial charge < -0.3 is 4.90 Å². The van der Waals surface area contributed by atoms with Gasteiger partial charge in [-0.3, -0.25) is 0 Å². The molecule has 0 rings (SSSR count). The number of nitrogens with zero attached hydrogens (tertiary/aromatic N) is 1. The molecule has 13 heavy (non-hydrogen) atoms. The molecular formula is C12H27N. The lowest BCUT2D eigenvalue weighted by Gasteiger charge is -2.29. The first-order chi connectivity index (χ1) is 6.13. The molecule has 0 aliphatic heterocycles. The molecule has 0 aromatic carbocycles. The van der Waals surface area contributed by atoms with E-state index in [4.69, 9.17) is 0 Å². The molecule has 0 saturated carbocycles. The Labute approximate surface area is 84.5 Å². The maximum Gasteiger partial charge on any atom is 0.00894 e. The zero-order valence-electron chi connectivity index (χ0n) is 10.1. The highest BCUT2D eigenvalue weighted by Gasteiger charge is 2.14. The highest BCUT2D eigenvalue weighted by Crippen LogP contribution is 2.13. The van der Waals surface area contributed by atoms with Crippen molar-refractivity contribution in [3.8, 4) is 0 Å². The van der Waals surface area contributed by atoms with Gasteiger partial charge in [-0.1, -0.05) is 40.0 Å². The third-order valence-corrected chi connectivity index (χ3v) is 3.28. The second-order valence-electron chi connectivity index (χ2n) is 4.31. The summed E-state index contributed by atoms with van der Waals surface area (Å²) in [4.78, 5) is 2.50. The molecule has 0 spiro atoms. The predicted octanol–water partition coefficient (Wildman–Crippen LogP) is 3.54. The van der Waals surface area contributed by atoms with Crippen LogP contribution >= 0.6 is 0 Å². The quantitative estimate of drug-likeness (QED) is 0.548. The van der Waals surface area contributed by atoms with Crippen LogP contribution in [0.1, 0.15) is 53.4 Å². The molecule has 0 fully saturated rings. The number of rotatable bonds is 7. The summed E-state index contributed by atoms with van der Waals surface area (Å²) in [7, 11) is 2.26. The van der Waals surface area contributed by atoms with Crippen molar-refractivity contribution in [2.24, 2.45) is 5.92 Å². The van der Waals surface area contributed by atoms with Crippen molar-refractivity contribution in [2.75, 3.05) is 13.6 Å². The predicted molar refractivity (Wildman–Crippen MR) is 61.1 cm³/mol. The standard InChI is InChI=1S/C12H27N/c1-6-8-9-10-13(5)12(4)11(3)7-2/h11-12H,6-10H2,1-5H3. The van der Waals surface area contributed by atoms with E-state index in [-0.39, 0.29) is 0 Å². The molecule has 0 aromatic heterocycles. The van der Waals surface area contributed by atoms with Crippen molar-refractivity contribution in [3.63, 3.8) is 0 Å². The molecule has 0 bridgehead atoms. The van der Waals surface area contributed by atoms with Gasteiger partial charge in [-0.15, -0.1) is 0 Å². The fourth-order valence-corrected chi connectivity index (χ4v) is 1.59. The normalized spacial score (nSPS) is 16.2. The third kappa shape index (κ3) is 5.30. The van der Waals surface area contributed by atoms with Gasteiger partial charge in [0.1, 0.15) is 0 Å². The first-order valence-corrected chi connectivity index (χ1v) is 5.83. The molecule has 2 atom stereocenters. The molecule has 0 N–H and O–H groups in total. The largest absolute Gasteiger partial charge is 0.303 e. The molecule has 0 radical (unpaired) electrons. The van der Waals surface area contributed by atoms with Crippen LogP contribution in [0.2, 0.25) is 0 Å². The minimum atomic E-state index is 0.738. The topological polar surface area (TPSA) is 3.24 Å². The second kappa shape index (κ2) is 7.37. The zero-order chi connectivity index (χ0) is 10.3. The van der Waals surface area contributed by atoms with E-state index < -0.39 is 0 Å². The Morgan fingerprint density at radius 2 is 1.69 bits per heavy atom. The molecule has 2 unspecified atom stereocenters. The van der Waals surface area contributed by atoms with E-state index in [2.05, 4.69) is 39.6 Å². The van der Waals surface area contributed by atoms with Gasteiger partial charge in [0, 0.05) is 6.04 Å². The smallest absolute Gasteiger partial charge is 0.00894 e. The van der Waals surface area contributed by atoms with Gasteiger partial charge in [0.05, 0.1) is 0 Å². The van der Waals surface area contributed by atoms with Crippen LogP contribution in [0.25, 0.3) is 0 Å². The van der Waals surface area contributed by atoms with Gasteiger partial charge in [-0.25, -0.2) is 0 Å². The molecule has 80 valence electrons. The highest BCUT2D eigenvalue weighted by atomic mass is 15.1. The molecule has 0 saturated heterocycles. The van der Waals surface area contributed by atoms with Crippen LogP contribution in [0.3, 0.4) is 0 Å². The van der Waals surface area contributed by atoms with Crippen molar-refractivity contribution >= 4 is 0 Å². The Hall–Kier alpha value is -0.0400. The van der Waals surface area contributed by atoms with Crippen LogP contribution in [0.5, 0.6) is 0 Å². The van der Waals surface area contributed by atoms with Crippen LogP contribution in [0.15, 0.2) is 0 Å². The Morgan fingerprint density at radius 1 is 1.08 bits per heavy atom. The molecule has 1 heteroatoms. The lowest BCUT2D eigenvalue weighted by molar-refractivity contribution is 0.192. The van der Waals surface area contributed by atoms with Crippen LogP contribution < -0.4 is 0 Å². The molecule has 0 amide bonds. The van der Waals surface area contributed by atoms with E-state index in [0.29, 0.717) is 0 Å². The maximum absolute atomic E-state index is 2.50. The van der Waals surface area contributed by atoms with Crippen LogP contribution in [-0.4, -0.2) is 24.5 Å². The van der Waals surface area contributed by atoms with E-state index in [1.807, 2.05) is 0 Å². The fourth-order valence-electron chi connectivity index (χ4n) is 1.59. The first-order valence-electron chi connectivity index (χ1n) is 5.83. The Kier molecular flexibility index (Phi) is 7.35. The Morgan fingerprint density at radius 3 is 2.15 bits per heavy atom. The lowest BCUT2D eigenvalue weighted by atomic mass is 9.99. The molecule has 1 nitrogen and oxygen atoms in total. The molecule has 0 heterocycles. The zero-order valence-corrected chi connectivity index (χ0v) is 10.1. The second-order valence-corrected chi connectivity index (χ2v) is 4.31. The minimum absolute atomic E-state index is 0.738. The summed E-state index contributed by atoms with van der Waals surface area (Å²) in [6.07, 6.45) is 5.34. The van der Waals surface area contributed by atoms with E-state index >= 15 is 0 Å².